The largest absolute Gasteiger partial charge is 0.508 e. The number of H-pyrrole nitrogens is 1. The van der Waals surface area contributed by atoms with Crippen LogP contribution in [0.3, 0.4) is 0 Å². The molecule has 0 radical (unpaired) electrons. The van der Waals surface area contributed by atoms with E-state index in [1.165, 1.54) is 0 Å². The first kappa shape index (κ1) is 17.5. The maximum atomic E-state index is 13.5. The van der Waals surface area contributed by atoms with Gasteiger partial charge < -0.3 is 15.3 Å². The molecule has 0 saturated carbocycles. The first-order chi connectivity index (χ1) is 12.9. The van der Waals surface area contributed by atoms with Crippen molar-refractivity contribution < 1.29 is 9.90 Å². The Morgan fingerprint density at radius 2 is 2.00 bits per heavy atom. The minimum atomic E-state index is -0.277. The number of fused-ring (bicyclic) bond motifs is 1. The van der Waals surface area contributed by atoms with Crippen molar-refractivity contribution in [2.75, 3.05) is 19.6 Å². The predicted octanol–water partition coefficient (Wildman–Crippen LogP) is 2.46. The standard InChI is InChI=1S/C20H23N5O2/c1-12-17-15(19(27)25-9-8-21-11-20(25,2)3)10-16(22-18(17)24-23-12)13-4-6-14(26)7-5-13/h4-7,10,21,26H,8-9,11H2,1-3H3,(H,22,23,24). The number of carbonyl (C=O) groups is 1. The van der Waals surface area contributed by atoms with Gasteiger partial charge in [0.2, 0.25) is 0 Å². The summed E-state index contributed by atoms with van der Waals surface area (Å²) in [5.74, 6) is 0.174. The van der Waals surface area contributed by atoms with Crippen LogP contribution in [0, 0.1) is 6.92 Å². The van der Waals surface area contributed by atoms with E-state index in [9.17, 15) is 9.90 Å². The smallest absolute Gasteiger partial charge is 0.255 e. The van der Waals surface area contributed by atoms with E-state index in [-0.39, 0.29) is 17.2 Å². The second-order valence-corrected chi connectivity index (χ2v) is 7.60. The lowest BCUT2D eigenvalue weighted by molar-refractivity contribution is 0.0479. The Morgan fingerprint density at radius 3 is 2.70 bits per heavy atom. The topological polar surface area (TPSA) is 94.1 Å². The lowest BCUT2D eigenvalue weighted by Gasteiger charge is -2.43. The molecule has 2 aromatic heterocycles. The lowest BCUT2D eigenvalue weighted by Crippen LogP contribution is -2.59. The van der Waals surface area contributed by atoms with Gasteiger partial charge in [-0.05, 0) is 51.1 Å². The average Bonchev–Trinajstić information content (AvgIpc) is 3.02. The fourth-order valence-corrected chi connectivity index (χ4v) is 3.63. The van der Waals surface area contributed by atoms with Crippen LogP contribution in [0.5, 0.6) is 5.75 Å². The highest BCUT2D eigenvalue weighted by Crippen LogP contribution is 2.29. The molecule has 4 rings (SSSR count). The van der Waals surface area contributed by atoms with Gasteiger partial charge in [0, 0.05) is 30.9 Å². The molecule has 1 aliphatic rings. The number of pyridine rings is 1. The van der Waals surface area contributed by atoms with Crippen LogP contribution in [-0.2, 0) is 0 Å². The number of piperazine rings is 1. The van der Waals surface area contributed by atoms with Gasteiger partial charge in [-0.25, -0.2) is 4.98 Å². The normalized spacial score (nSPS) is 16.6. The molecule has 1 saturated heterocycles. The van der Waals surface area contributed by atoms with Crippen LogP contribution in [0.4, 0.5) is 0 Å². The molecule has 1 amide bonds. The summed E-state index contributed by atoms with van der Waals surface area (Å²) in [5.41, 5.74) is 3.15. The summed E-state index contributed by atoms with van der Waals surface area (Å²) in [7, 11) is 0. The van der Waals surface area contributed by atoms with Gasteiger partial charge in [-0.15, -0.1) is 0 Å². The quantitative estimate of drug-likeness (QED) is 0.649. The van der Waals surface area contributed by atoms with Gasteiger partial charge in [-0.2, -0.15) is 5.10 Å². The molecule has 3 aromatic rings. The zero-order valence-electron chi connectivity index (χ0n) is 15.7. The fraction of sp³-hybridized carbons (Fsp3) is 0.350. The van der Waals surface area contributed by atoms with E-state index in [4.69, 9.17) is 0 Å². The number of nitrogens with zero attached hydrogens (tertiary/aromatic N) is 3. The van der Waals surface area contributed by atoms with Crippen molar-refractivity contribution in [2.45, 2.75) is 26.3 Å². The van der Waals surface area contributed by atoms with Gasteiger partial charge in [-0.1, -0.05) is 0 Å². The highest BCUT2D eigenvalue weighted by Gasteiger charge is 2.35. The first-order valence-electron chi connectivity index (χ1n) is 9.04. The van der Waals surface area contributed by atoms with E-state index in [1.807, 2.05) is 17.9 Å². The zero-order valence-corrected chi connectivity index (χ0v) is 15.7. The number of aromatic hydroxyl groups is 1. The number of phenols is 1. The average molecular weight is 365 g/mol. The van der Waals surface area contributed by atoms with Crippen LogP contribution in [0.15, 0.2) is 30.3 Å². The van der Waals surface area contributed by atoms with Gasteiger partial charge in [-0.3, -0.25) is 9.89 Å². The lowest BCUT2D eigenvalue weighted by atomic mass is 9.97. The van der Waals surface area contributed by atoms with E-state index in [1.54, 1.807) is 24.3 Å². The molecule has 0 unspecified atom stereocenters. The number of aryl methyl sites for hydroxylation is 1. The number of rotatable bonds is 2. The third kappa shape index (κ3) is 3.04. The van der Waals surface area contributed by atoms with E-state index in [0.717, 1.165) is 29.7 Å². The summed E-state index contributed by atoms with van der Waals surface area (Å²) >= 11 is 0. The Morgan fingerprint density at radius 1 is 1.26 bits per heavy atom. The maximum Gasteiger partial charge on any atom is 0.255 e. The van der Waals surface area contributed by atoms with Crippen LogP contribution in [0.1, 0.15) is 29.9 Å². The van der Waals surface area contributed by atoms with Crippen molar-refractivity contribution in [1.29, 1.82) is 0 Å². The molecule has 0 spiro atoms. The summed E-state index contributed by atoms with van der Waals surface area (Å²) < 4.78 is 0. The van der Waals surface area contributed by atoms with Crippen molar-refractivity contribution in [3.05, 3.63) is 41.6 Å². The first-order valence-corrected chi connectivity index (χ1v) is 9.04. The molecular weight excluding hydrogens is 342 g/mol. The third-order valence-corrected chi connectivity index (χ3v) is 5.14. The second-order valence-electron chi connectivity index (χ2n) is 7.60. The summed E-state index contributed by atoms with van der Waals surface area (Å²) in [5, 5.41) is 20.9. The SMILES string of the molecule is Cc1[nH]nc2nc(-c3ccc(O)cc3)cc(C(=O)N3CCNCC3(C)C)c12. The monoisotopic (exact) mass is 365 g/mol. The number of amides is 1. The molecule has 7 nitrogen and oxygen atoms in total. The Labute approximate surface area is 157 Å². The number of benzene rings is 1. The summed E-state index contributed by atoms with van der Waals surface area (Å²) in [6.07, 6.45) is 0. The molecule has 1 aliphatic heterocycles. The maximum absolute atomic E-state index is 13.5. The van der Waals surface area contributed by atoms with Crippen molar-refractivity contribution in [2.24, 2.45) is 0 Å². The van der Waals surface area contributed by atoms with E-state index in [2.05, 4.69) is 34.3 Å². The van der Waals surface area contributed by atoms with Gasteiger partial charge in [0.05, 0.1) is 22.2 Å². The Balaban J connectivity index is 1.86. The molecule has 0 bridgehead atoms. The zero-order chi connectivity index (χ0) is 19.2. The molecule has 3 N–H and O–H groups in total. The third-order valence-electron chi connectivity index (χ3n) is 5.14. The van der Waals surface area contributed by atoms with Crippen molar-refractivity contribution >= 4 is 16.9 Å². The molecular formula is C20H23N5O2. The highest BCUT2D eigenvalue weighted by molar-refractivity contribution is 6.07. The molecule has 1 fully saturated rings. The van der Waals surface area contributed by atoms with E-state index < -0.39 is 0 Å². The Hall–Kier alpha value is -2.93. The Bertz CT molecular complexity index is 1010. The van der Waals surface area contributed by atoms with Crippen molar-refractivity contribution in [3.8, 4) is 17.0 Å². The minimum Gasteiger partial charge on any atom is -0.508 e. The molecule has 0 atom stereocenters. The molecule has 7 heteroatoms. The number of aromatic amines is 1. The molecule has 1 aromatic carbocycles. The summed E-state index contributed by atoms with van der Waals surface area (Å²) in [6.45, 7) is 8.22. The second kappa shape index (κ2) is 6.35. The predicted molar refractivity (Wildman–Crippen MR) is 104 cm³/mol. The molecule has 0 aliphatic carbocycles. The molecule has 140 valence electrons. The van der Waals surface area contributed by atoms with Crippen LogP contribution in [-0.4, -0.2) is 56.3 Å². The van der Waals surface area contributed by atoms with Crippen LogP contribution in [0.25, 0.3) is 22.3 Å². The number of hydrogen-bond donors (Lipinski definition) is 3. The number of aromatic nitrogens is 3. The summed E-state index contributed by atoms with van der Waals surface area (Å²) in [6, 6.07) is 8.62. The number of carbonyl (C=O) groups excluding carboxylic acids is 1. The number of phenolic OH excluding ortho intramolecular Hbond substituents is 1. The van der Waals surface area contributed by atoms with E-state index >= 15 is 0 Å². The van der Waals surface area contributed by atoms with Crippen LogP contribution >= 0.6 is 0 Å². The molecule has 3 heterocycles. The van der Waals surface area contributed by atoms with Crippen LogP contribution in [0.2, 0.25) is 0 Å². The van der Waals surface area contributed by atoms with Gasteiger partial charge in [0.25, 0.3) is 5.91 Å². The fourth-order valence-electron chi connectivity index (χ4n) is 3.63. The van der Waals surface area contributed by atoms with E-state index in [0.29, 0.717) is 23.4 Å². The number of nitrogens with one attached hydrogen (secondary N) is 2. The van der Waals surface area contributed by atoms with Crippen molar-refractivity contribution in [1.82, 2.24) is 25.4 Å². The van der Waals surface area contributed by atoms with Gasteiger partial charge in [0.1, 0.15) is 5.75 Å². The van der Waals surface area contributed by atoms with Gasteiger partial charge in [0.15, 0.2) is 5.65 Å². The van der Waals surface area contributed by atoms with Crippen LogP contribution < -0.4 is 5.32 Å². The molecule has 27 heavy (non-hydrogen) atoms. The van der Waals surface area contributed by atoms with Gasteiger partial charge >= 0.3 is 0 Å². The summed E-state index contributed by atoms with van der Waals surface area (Å²) in [4.78, 5) is 20.0. The Kier molecular flexibility index (Phi) is 4.11. The highest BCUT2D eigenvalue weighted by atomic mass is 16.3. The number of hydrogen-bond acceptors (Lipinski definition) is 5. The van der Waals surface area contributed by atoms with Crippen molar-refractivity contribution in [3.63, 3.8) is 0 Å². The minimum absolute atomic E-state index is 0.0153.